The Morgan fingerprint density at radius 2 is 2.15 bits per heavy atom. The van der Waals surface area contributed by atoms with E-state index in [4.69, 9.17) is 4.74 Å². The maximum Gasteiger partial charge on any atom is 0.125 e. The van der Waals surface area contributed by atoms with Crippen LogP contribution >= 0.6 is 15.9 Å². The molecule has 0 aromatic heterocycles. The van der Waals surface area contributed by atoms with Crippen molar-refractivity contribution in [3.63, 3.8) is 0 Å². The lowest BCUT2D eigenvalue weighted by Gasteiger charge is -2.40. The highest BCUT2D eigenvalue weighted by molar-refractivity contribution is 9.10. The van der Waals surface area contributed by atoms with Crippen molar-refractivity contribution in [2.24, 2.45) is 0 Å². The van der Waals surface area contributed by atoms with Gasteiger partial charge in [0.1, 0.15) is 5.75 Å². The number of rotatable bonds is 5. The number of ether oxygens (including phenoxy) is 1. The summed E-state index contributed by atoms with van der Waals surface area (Å²) in [6.07, 6.45) is 2.05. The van der Waals surface area contributed by atoms with E-state index < -0.39 is 6.10 Å². The van der Waals surface area contributed by atoms with Crippen molar-refractivity contribution in [2.45, 2.75) is 44.8 Å². The Kier molecular flexibility index (Phi) is 4.77. The number of halogens is 1. The number of likely N-dealkylation sites (N-methyl/N-ethyl adjacent to an activating group) is 1. The molecule has 3 nitrogen and oxygen atoms in total. The molecule has 1 heterocycles. The maximum absolute atomic E-state index is 10.7. The number of aliphatic hydroxyl groups excluding tert-OH is 1. The van der Waals surface area contributed by atoms with Gasteiger partial charge in [-0.3, -0.25) is 0 Å². The third kappa shape index (κ3) is 2.87. The van der Waals surface area contributed by atoms with Crippen molar-refractivity contribution < 1.29 is 9.84 Å². The fourth-order valence-corrected chi connectivity index (χ4v) is 3.33. The monoisotopic (exact) mass is 341 g/mol. The van der Waals surface area contributed by atoms with Crippen molar-refractivity contribution in [2.75, 3.05) is 20.7 Å². The first-order valence-corrected chi connectivity index (χ1v) is 7.97. The zero-order valence-corrected chi connectivity index (χ0v) is 14.3. The maximum atomic E-state index is 10.7. The Morgan fingerprint density at radius 1 is 1.45 bits per heavy atom. The Hall–Kier alpha value is -0.580. The Morgan fingerprint density at radius 3 is 2.75 bits per heavy atom. The van der Waals surface area contributed by atoms with E-state index in [2.05, 4.69) is 46.8 Å². The van der Waals surface area contributed by atoms with Gasteiger partial charge in [0.15, 0.2) is 0 Å². The molecule has 2 atom stereocenters. The molecule has 2 rings (SSSR count). The van der Waals surface area contributed by atoms with E-state index >= 15 is 0 Å². The second-order valence-electron chi connectivity index (χ2n) is 5.98. The lowest BCUT2D eigenvalue weighted by molar-refractivity contribution is 0.00272. The summed E-state index contributed by atoms with van der Waals surface area (Å²) in [4.78, 5) is 2.11. The first kappa shape index (κ1) is 15.8. The molecule has 0 fully saturated rings. The highest BCUT2D eigenvalue weighted by atomic mass is 79.9. The van der Waals surface area contributed by atoms with Gasteiger partial charge in [-0.2, -0.15) is 0 Å². The minimum atomic E-state index is -0.426. The average Bonchev–Trinajstić information content (AvgIpc) is 2.85. The van der Waals surface area contributed by atoms with E-state index in [-0.39, 0.29) is 5.54 Å². The Balaban J connectivity index is 2.26. The van der Waals surface area contributed by atoms with Crippen molar-refractivity contribution in [3.05, 3.63) is 27.7 Å². The van der Waals surface area contributed by atoms with Gasteiger partial charge in [0.2, 0.25) is 0 Å². The standard InChI is InChI=1S/C16H24BrNO2/c1-5-16(2,18(3)4)14(19)10-12-9-13(17)8-11-6-7-20-15(11)12/h8-9,14,19H,5-7,10H2,1-4H3. The third-order valence-corrected chi connectivity index (χ3v) is 5.15. The van der Waals surface area contributed by atoms with E-state index in [1.54, 1.807) is 0 Å². The first-order chi connectivity index (χ1) is 9.38. The van der Waals surface area contributed by atoms with E-state index in [0.29, 0.717) is 6.42 Å². The van der Waals surface area contributed by atoms with Crippen LogP contribution < -0.4 is 4.74 Å². The van der Waals surface area contributed by atoms with Crippen molar-refractivity contribution in [3.8, 4) is 5.75 Å². The number of nitrogens with zero attached hydrogens (tertiary/aromatic N) is 1. The molecule has 2 unspecified atom stereocenters. The van der Waals surface area contributed by atoms with Gasteiger partial charge in [-0.1, -0.05) is 22.9 Å². The van der Waals surface area contributed by atoms with Crippen LogP contribution in [0, 0.1) is 0 Å². The molecule has 0 amide bonds. The number of fused-ring (bicyclic) bond motifs is 1. The van der Waals surface area contributed by atoms with Crippen molar-refractivity contribution in [1.82, 2.24) is 4.90 Å². The minimum Gasteiger partial charge on any atom is -0.493 e. The van der Waals surface area contributed by atoms with Gasteiger partial charge in [-0.25, -0.2) is 0 Å². The zero-order valence-electron chi connectivity index (χ0n) is 12.7. The summed E-state index contributed by atoms with van der Waals surface area (Å²) >= 11 is 3.55. The highest BCUT2D eigenvalue weighted by Crippen LogP contribution is 2.35. The largest absolute Gasteiger partial charge is 0.493 e. The number of aliphatic hydroxyl groups is 1. The molecule has 1 aromatic rings. The van der Waals surface area contributed by atoms with E-state index in [9.17, 15) is 5.11 Å². The molecular weight excluding hydrogens is 318 g/mol. The quantitative estimate of drug-likeness (QED) is 0.893. The van der Waals surface area contributed by atoms with Gasteiger partial charge in [-0.05, 0) is 50.7 Å². The molecule has 1 N–H and O–H groups in total. The molecule has 0 radical (unpaired) electrons. The van der Waals surface area contributed by atoms with E-state index in [0.717, 1.165) is 35.2 Å². The number of hydrogen-bond donors (Lipinski definition) is 1. The van der Waals surface area contributed by atoms with Crippen LogP contribution in [0.4, 0.5) is 0 Å². The van der Waals surface area contributed by atoms with Crippen LogP contribution in [0.3, 0.4) is 0 Å². The van der Waals surface area contributed by atoms with E-state index in [1.165, 1.54) is 5.56 Å². The normalized spacial score (nSPS) is 18.6. The summed E-state index contributed by atoms with van der Waals surface area (Å²) < 4.78 is 6.81. The molecule has 0 aliphatic carbocycles. The van der Waals surface area contributed by atoms with Crippen LogP contribution in [0.5, 0.6) is 5.75 Å². The summed E-state index contributed by atoms with van der Waals surface area (Å²) in [6, 6.07) is 4.18. The summed E-state index contributed by atoms with van der Waals surface area (Å²) in [7, 11) is 4.04. The lowest BCUT2D eigenvalue weighted by Crippen LogP contribution is -2.51. The predicted molar refractivity (Wildman–Crippen MR) is 85.4 cm³/mol. The molecule has 112 valence electrons. The molecule has 1 aliphatic rings. The van der Waals surface area contributed by atoms with Crippen LogP contribution in [0.15, 0.2) is 16.6 Å². The van der Waals surface area contributed by atoms with Gasteiger partial charge < -0.3 is 14.7 Å². The summed E-state index contributed by atoms with van der Waals surface area (Å²) in [5.41, 5.74) is 2.11. The third-order valence-electron chi connectivity index (χ3n) is 4.69. The van der Waals surface area contributed by atoms with Crippen molar-refractivity contribution >= 4 is 15.9 Å². The van der Waals surface area contributed by atoms with Crippen LogP contribution in [-0.2, 0) is 12.8 Å². The highest BCUT2D eigenvalue weighted by Gasteiger charge is 2.34. The van der Waals surface area contributed by atoms with Gasteiger partial charge >= 0.3 is 0 Å². The SMILES string of the molecule is CCC(C)(C(O)Cc1cc(Br)cc2c1OCC2)N(C)C. The Labute approximate surface area is 130 Å². The average molecular weight is 342 g/mol. The fraction of sp³-hybridized carbons (Fsp3) is 0.625. The fourth-order valence-electron chi connectivity index (χ4n) is 2.78. The lowest BCUT2D eigenvalue weighted by atomic mass is 9.86. The van der Waals surface area contributed by atoms with Crippen LogP contribution in [0.25, 0.3) is 0 Å². The predicted octanol–water partition coefficient (Wildman–Crippen LogP) is 3.02. The summed E-state index contributed by atoms with van der Waals surface area (Å²) in [5, 5.41) is 10.7. The molecule has 0 saturated heterocycles. The summed E-state index contributed by atoms with van der Waals surface area (Å²) in [5.74, 6) is 0.976. The van der Waals surface area contributed by atoms with Gasteiger partial charge in [-0.15, -0.1) is 0 Å². The van der Waals surface area contributed by atoms with Gasteiger partial charge in [0.25, 0.3) is 0 Å². The first-order valence-electron chi connectivity index (χ1n) is 7.18. The van der Waals surface area contributed by atoms with E-state index in [1.807, 2.05) is 14.1 Å². The zero-order chi connectivity index (χ0) is 14.9. The number of hydrogen-bond acceptors (Lipinski definition) is 3. The van der Waals surface area contributed by atoms with Gasteiger partial charge in [0.05, 0.1) is 12.7 Å². The van der Waals surface area contributed by atoms with Crippen LogP contribution in [0.1, 0.15) is 31.4 Å². The number of benzene rings is 1. The smallest absolute Gasteiger partial charge is 0.125 e. The molecule has 0 saturated carbocycles. The Bertz CT molecular complexity index is 490. The second-order valence-corrected chi connectivity index (χ2v) is 6.89. The molecular formula is C16H24BrNO2. The molecule has 0 spiro atoms. The molecule has 1 aromatic carbocycles. The van der Waals surface area contributed by atoms with Crippen molar-refractivity contribution in [1.29, 1.82) is 0 Å². The summed E-state index contributed by atoms with van der Waals surface area (Å²) in [6.45, 7) is 4.97. The molecule has 20 heavy (non-hydrogen) atoms. The topological polar surface area (TPSA) is 32.7 Å². The molecule has 0 bridgehead atoms. The second kappa shape index (κ2) is 6.04. The molecule has 4 heteroatoms. The van der Waals surface area contributed by atoms with Gasteiger partial charge in [0, 0.05) is 22.9 Å². The minimum absolute atomic E-state index is 0.228. The van der Waals surface area contributed by atoms with Crippen LogP contribution in [-0.4, -0.2) is 42.4 Å². The van der Waals surface area contributed by atoms with Crippen LogP contribution in [0.2, 0.25) is 0 Å². The molecule has 1 aliphatic heterocycles.